The molecule has 0 bridgehead atoms. The molecule has 0 atom stereocenters. The lowest BCUT2D eigenvalue weighted by Gasteiger charge is -2.24. The van der Waals surface area contributed by atoms with E-state index < -0.39 is 70.4 Å². The first kappa shape index (κ1) is 29.8. The maximum atomic E-state index is 13.6. The smallest absolute Gasteiger partial charge is 0.235 e. The van der Waals surface area contributed by atoms with Crippen LogP contribution in [0.3, 0.4) is 0 Å². The van der Waals surface area contributed by atoms with Gasteiger partial charge in [0.2, 0.25) is 7.49 Å². The highest BCUT2D eigenvalue weighted by Crippen LogP contribution is 2.54. The largest absolute Gasteiger partial charge is 0.416 e. The van der Waals surface area contributed by atoms with Gasteiger partial charge in [-0.3, -0.25) is 0 Å². The molecule has 1 nitrogen and oxygen atoms in total. The van der Waals surface area contributed by atoms with Crippen LogP contribution in [0, 0.1) is 13.8 Å². The molecule has 14 heteroatoms. The summed E-state index contributed by atoms with van der Waals surface area (Å²) in [7, 11) is -4.97. The van der Waals surface area contributed by atoms with Crippen molar-refractivity contribution in [3.63, 3.8) is 0 Å². The number of hydrogen-bond donors (Lipinski definition) is 1. The zero-order chi connectivity index (χ0) is 29.1. The van der Waals surface area contributed by atoms with Crippen molar-refractivity contribution in [2.45, 2.75) is 38.6 Å². The Kier molecular flexibility index (Phi) is 7.40. The number of halogens is 12. The molecule has 3 aromatic carbocycles. The molecule has 0 saturated carbocycles. The van der Waals surface area contributed by atoms with Gasteiger partial charge in [-0.15, -0.1) is 0 Å². The van der Waals surface area contributed by atoms with Crippen molar-refractivity contribution in [1.29, 1.82) is 0 Å². The molecule has 0 fully saturated rings. The molecule has 0 aliphatic heterocycles. The summed E-state index contributed by atoms with van der Waals surface area (Å²) < 4.78 is 163. The first-order chi connectivity index (χ1) is 17.0. The zero-order valence-electron chi connectivity index (χ0n) is 19.1. The Hall–Kier alpha value is -2.79. The SMILES string of the molecule is Cc1cc(C(F)(F)F)cc([P+](O)(c2cc(C)cc(C(F)(F)F)c2)c2cc(C(F)(F)F)cc(C(F)(F)F)c2)c1. The predicted octanol–water partition coefficient (Wildman–Crippen LogP) is 7.58. The molecular weight excluding hydrogens is 563 g/mol. The Morgan fingerprint density at radius 1 is 0.421 bits per heavy atom. The third kappa shape index (κ3) is 6.09. The van der Waals surface area contributed by atoms with Crippen molar-refractivity contribution in [2.24, 2.45) is 0 Å². The lowest BCUT2D eigenvalue weighted by Crippen LogP contribution is -2.34. The van der Waals surface area contributed by atoms with E-state index in [1.165, 1.54) is 0 Å². The molecule has 3 rings (SSSR count). The standard InChI is InChI=1S/C24H16F12OP/c1-12-3-14(21(25,26)27)8-18(5-12)38(37,19-6-13(2)4-15(9-19)22(28,29)30)20-10-16(23(31,32)33)7-17(11-20)24(34,35)36/h3-11,37H,1-2H3/q+1. The van der Waals surface area contributed by atoms with Crippen LogP contribution in [0.4, 0.5) is 52.7 Å². The van der Waals surface area contributed by atoms with Crippen LogP contribution in [0.5, 0.6) is 0 Å². The van der Waals surface area contributed by atoms with Gasteiger partial charge < -0.3 is 0 Å². The second-order valence-corrected chi connectivity index (χ2v) is 11.3. The molecule has 0 aliphatic rings. The fraction of sp³-hybridized carbons (Fsp3) is 0.250. The summed E-state index contributed by atoms with van der Waals surface area (Å²) in [6, 6.07) is 3.55. The fourth-order valence-electron chi connectivity index (χ4n) is 3.80. The van der Waals surface area contributed by atoms with Crippen LogP contribution >= 0.6 is 7.49 Å². The van der Waals surface area contributed by atoms with Crippen LogP contribution in [-0.2, 0) is 24.7 Å². The Morgan fingerprint density at radius 2 is 0.658 bits per heavy atom. The minimum absolute atomic E-state index is 0.105. The van der Waals surface area contributed by atoms with Crippen LogP contribution in [0.25, 0.3) is 0 Å². The topological polar surface area (TPSA) is 20.2 Å². The van der Waals surface area contributed by atoms with Gasteiger partial charge in [-0.2, -0.15) is 52.7 Å². The summed E-state index contributed by atoms with van der Waals surface area (Å²) in [5, 5.41) is -2.69. The van der Waals surface area contributed by atoms with Crippen molar-refractivity contribution < 1.29 is 57.6 Å². The van der Waals surface area contributed by atoms with Crippen molar-refractivity contribution in [1.82, 2.24) is 0 Å². The van der Waals surface area contributed by atoms with Crippen molar-refractivity contribution >= 4 is 23.4 Å². The van der Waals surface area contributed by atoms with E-state index in [-0.39, 0.29) is 29.3 Å². The monoisotopic (exact) mass is 579 g/mol. The summed E-state index contributed by atoms with van der Waals surface area (Å²) in [6.07, 6.45) is -20.9. The number of rotatable bonds is 3. The molecule has 0 aliphatic carbocycles. The van der Waals surface area contributed by atoms with Gasteiger partial charge in [0.25, 0.3) is 0 Å². The Morgan fingerprint density at radius 3 is 0.921 bits per heavy atom. The third-order valence-electron chi connectivity index (χ3n) is 5.47. The number of hydrogen-bond acceptors (Lipinski definition) is 1. The maximum Gasteiger partial charge on any atom is 0.416 e. The summed E-state index contributed by atoms with van der Waals surface area (Å²) >= 11 is 0. The number of alkyl halides is 12. The first-order valence-corrected chi connectivity index (χ1v) is 12.1. The molecular formula is C24H16F12OP+. The summed E-state index contributed by atoms with van der Waals surface area (Å²) in [5.41, 5.74) is -6.99. The van der Waals surface area contributed by atoms with E-state index in [0.29, 0.717) is 24.3 Å². The molecule has 0 heterocycles. The van der Waals surface area contributed by atoms with E-state index in [0.717, 1.165) is 26.0 Å². The maximum absolute atomic E-state index is 13.6. The number of aryl methyl sites for hydroxylation is 2. The van der Waals surface area contributed by atoms with Gasteiger partial charge >= 0.3 is 24.7 Å². The molecule has 206 valence electrons. The van der Waals surface area contributed by atoms with Gasteiger partial charge in [0.1, 0.15) is 15.9 Å². The summed E-state index contributed by atoms with van der Waals surface area (Å²) in [6.45, 7) is 2.24. The minimum atomic E-state index is -5.39. The molecule has 0 unspecified atom stereocenters. The second-order valence-electron chi connectivity index (χ2n) is 8.51. The second kappa shape index (κ2) is 9.44. The zero-order valence-corrected chi connectivity index (χ0v) is 20.0. The van der Waals surface area contributed by atoms with Gasteiger partial charge in [-0.25, -0.2) is 4.89 Å². The fourth-order valence-corrected chi connectivity index (χ4v) is 6.78. The lowest BCUT2D eigenvalue weighted by atomic mass is 10.1. The average Bonchev–Trinajstić information content (AvgIpc) is 2.75. The van der Waals surface area contributed by atoms with Crippen molar-refractivity contribution in [2.75, 3.05) is 0 Å². The van der Waals surface area contributed by atoms with E-state index in [4.69, 9.17) is 0 Å². The van der Waals surface area contributed by atoms with Gasteiger partial charge in [-0.1, -0.05) is 0 Å². The highest BCUT2D eigenvalue weighted by Gasteiger charge is 2.50. The molecule has 0 saturated heterocycles. The molecule has 0 aromatic heterocycles. The number of benzene rings is 3. The predicted molar refractivity (Wildman–Crippen MR) is 117 cm³/mol. The van der Waals surface area contributed by atoms with E-state index in [9.17, 15) is 57.6 Å². The van der Waals surface area contributed by atoms with E-state index in [1.807, 2.05) is 0 Å². The van der Waals surface area contributed by atoms with Crippen LogP contribution in [0.15, 0.2) is 54.6 Å². The summed E-state index contributed by atoms with van der Waals surface area (Å²) in [5.74, 6) is 0. The van der Waals surface area contributed by atoms with E-state index in [1.54, 1.807) is 0 Å². The van der Waals surface area contributed by atoms with Crippen LogP contribution in [0.1, 0.15) is 33.4 Å². The van der Waals surface area contributed by atoms with Gasteiger partial charge in [-0.05, 0) is 79.6 Å². The Bertz CT molecular complexity index is 1250. The molecule has 0 radical (unpaired) electrons. The molecule has 3 aromatic rings. The van der Waals surface area contributed by atoms with Crippen LogP contribution in [0.2, 0.25) is 0 Å². The van der Waals surface area contributed by atoms with E-state index >= 15 is 0 Å². The quantitative estimate of drug-likeness (QED) is 0.251. The summed E-state index contributed by atoms with van der Waals surface area (Å²) in [4.78, 5) is 11.9. The minimum Gasteiger partial charge on any atom is -0.235 e. The molecule has 0 amide bonds. The Balaban J connectivity index is 2.54. The van der Waals surface area contributed by atoms with Crippen molar-refractivity contribution in [3.8, 4) is 0 Å². The highest BCUT2D eigenvalue weighted by atomic mass is 31.2. The molecule has 1 N–H and O–H groups in total. The third-order valence-corrected chi connectivity index (χ3v) is 8.49. The average molecular weight is 579 g/mol. The van der Waals surface area contributed by atoms with Crippen LogP contribution < -0.4 is 15.9 Å². The van der Waals surface area contributed by atoms with E-state index in [2.05, 4.69) is 0 Å². The lowest BCUT2D eigenvalue weighted by molar-refractivity contribution is -0.143. The molecule has 38 heavy (non-hydrogen) atoms. The van der Waals surface area contributed by atoms with Gasteiger partial charge in [0.05, 0.1) is 22.3 Å². The highest BCUT2D eigenvalue weighted by molar-refractivity contribution is 7.91. The van der Waals surface area contributed by atoms with Gasteiger partial charge in [0, 0.05) is 0 Å². The molecule has 0 spiro atoms. The van der Waals surface area contributed by atoms with Gasteiger partial charge in [0.15, 0.2) is 0 Å². The first-order valence-electron chi connectivity index (χ1n) is 10.3. The normalized spacial score (nSPS) is 13.7. The van der Waals surface area contributed by atoms with Crippen LogP contribution in [-0.4, -0.2) is 4.89 Å². The van der Waals surface area contributed by atoms with Crippen molar-refractivity contribution in [3.05, 3.63) is 88.0 Å². The Labute approximate surface area is 208 Å².